The molecule has 4 unspecified atom stereocenters. The normalized spacial score (nSPS) is 15.5. The first-order chi connectivity index (χ1) is 49.6. The summed E-state index contributed by atoms with van der Waals surface area (Å²) in [5, 5.41) is 4.19. The van der Waals surface area contributed by atoms with E-state index in [1.165, 1.54) is 189 Å². The van der Waals surface area contributed by atoms with E-state index < -0.39 is 44.7 Å². The third-order valence-corrected chi connectivity index (χ3v) is 50.4. The number of unbranched alkanes of at least 4 members (excludes halogenated alkanes) is 4. The molecule has 2 aliphatic rings. The molecule has 4 atom stereocenters. The second-order valence-corrected chi connectivity index (χ2v) is 71.8. The Morgan fingerprint density at radius 1 is 0.388 bits per heavy atom. The quantitative estimate of drug-likeness (QED) is 0.0333. The van der Waals surface area contributed by atoms with E-state index in [2.05, 4.69) is 294 Å². The number of rotatable bonds is 30. The summed E-state index contributed by atoms with van der Waals surface area (Å²) >= 11 is 13.6. The molecule has 11 aromatic rings. The summed E-state index contributed by atoms with van der Waals surface area (Å²) < 4.78 is 23.2. The molecule has 6 aromatic heterocycles. The fourth-order valence-electron chi connectivity index (χ4n) is 15.9. The number of hydrogen-bond donors (Lipinski definition) is 0. The zero-order valence-electron chi connectivity index (χ0n) is 64.7. The van der Waals surface area contributed by atoms with Crippen LogP contribution in [0.15, 0.2) is 148 Å². The van der Waals surface area contributed by atoms with E-state index in [-0.39, 0.29) is 10.8 Å². The van der Waals surface area contributed by atoms with Gasteiger partial charge in [0.05, 0.1) is 23.5 Å². The van der Waals surface area contributed by atoms with Gasteiger partial charge in [-0.3, -0.25) is 0 Å². The van der Waals surface area contributed by atoms with Crippen molar-refractivity contribution in [2.75, 3.05) is 0 Å². The fourth-order valence-corrected chi connectivity index (χ4v) is 36.1. The van der Waals surface area contributed by atoms with Gasteiger partial charge in [0, 0.05) is 39.4 Å². The molecule has 550 valence electrons. The number of benzene rings is 5. The molecule has 0 radical (unpaired) electrons. The Kier molecular flexibility index (Phi) is 31.0. The molecule has 6 heterocycles. The van der Waals surface area contributed by atoms with Crippen LogP contribution in [0.2, 0.25) is 29.6 Å². The van der Waals surface area contributed by atoms with Gasteiger partial charge >= 0.3 is 237 Å². The Labute approximate surface area is 671 Å². The van der Waals surface area contributed by atoms with Gasteiger partial charge in [-0.15, -0.1) is 22.7 Å². The maximum Gasteiger partial charge on any atom is 0.113 e. The van der Waals surface area contributed by atoms with E-state index in [4.69, 9.17) is 4.37 Å². The van der Waals surface area contributed by atoms with Crippen LogP contribution in [0.1, 0.15) is 217 Å². The molecule has 0 aliphatic heterocycles. The molecule has 2 aliphatic carbocycles. The minimum absolute atomic E-state index is 0.136. The summed E-state index contributed by atoms with van der Waals surface area (Å²) in [4.78, 5) is 25.1. The van der Waals surface area contributed by atoms with Gasteiger partial charge in [-0.1, -0.05) is 182 Å². The smallest absolute Gasteiger partial charge is 0.113 e. The molecule has 0 fully saturated rings. The summed E-state index contributed by atoms with van der Waals surface area (Å²) in [6, 6.07) is 51.5. The van der Waals surface area contributed by atoms with Crippen LogP contribution in [-0.2, 0) is 10.8 Å². The van der Waals surface area contributed by atoms with E-state index in [1.54, 1.807) is 47.5 Å². The predicted molar refractivity (Wildman–Crippen MR) is 478 cm³/mol. The van der Waals surface area contributed by atoms with Crippen molar-refractivity contribution in [1.82, 2.24) is 17.5 Å². The molecule has 0 amide bonds. The minimum Gasteiger partial charge on any atom is -0.173 e. The standard InChI is InChI=1S/C33H44N2S3.C25H36S2.C18H15P.C6H2Br2N2S.6CH3.2Sn/c1-7-11-13-23(9-3)19-33(20-24(10-4)14-12-8-2)26-17-22(6)36-31(26)32-27(33)18-28(37-32)25-16-15-21(5)29-30(25)35-38-34-29;1-5-9-11-19(7-3)17-25(18-20(8-4)12-10-6-2)21-13-15-26-23(21)24-22(25)14-16-27-24;1-4-10-16(11-5-1)19(17-12-6-2-7-13-17)18-14-8-3-9-15-18;7-3-1-2-4(8)6-5(3)9-11-10-6;;;;;;;;/h15-18,23-24H,7-14,19-20H2,1-6H3;13-14,19-20H,5-12,17-18H2,1-4H3;1-15H;1-2H;6*1H3;;. The van der Waals surface area contributed by atoms with E-state index in [0.29, 0.717) is 0 Å². The van der Waals surface area contributed by atoms with Gasteiger partial charge < -0.3 is 0 Å². The second kappa shape index (κ2) is 38.4. The van der Waals surface area contributed by atoms with Crippen molar-refractivity contribution in [3.05, 3.63) is 181 Å². The molecule has 13 rings (SSSR count). The van der Waals surface area contributed by atoms with Crippen molar-refractivity contribution < 1.29 is 0 Å². The molecule has 0 spiro atoms. The molecule has 103 heavy (non-hydrogen) atoms. The first-order valence-electron chi connectivity index (χ1n) is 38.9. The monoisotopic (exact) mass is 1850 g/mol. The largest absolute Gasteiger partial charge is 0.173 e. The Bertz CT molecular complexity index is 4220. The Hall–Kier alpha value is -2.47. The number of fused-ring (bicyclic) bond motifs is 8. The maximum absolute atomic E-state index is 4.75. The number of nitrogens with zero attached hydrogens (tertiary/aromatic N) is 4. The average Bonchev–Trinajstić information content (AvgIpc) is 1.55. The number of aryl methyl sites for hydroxylation is 2. The van der Waals surface area contributed by atoms with Gasteiger partial charge in [-0.25, -0.2) is 0 Å². The van der Waals surface area contributed by atoms with Gasteiger partial charge in [0.15, 0.2) is 0 Å². The van der Waals surface area contributed by atoms with Crippen LogP contribution in [0.4, 0.5) is 0 Å². The summed E-state index contributed by atoms with van der Waals surface area (Å²) in [6.45, 7) is 23.7. The van der Waals surface area contributed by atoms with Gasteiger partial charge in [-0.2, -0.15) is 17.5 Å². The van der Waals surface area contributed by atoms with Crippen LogP contribution in [0.25, 0.3) is 52.0 Å². The summed E-state index contributed by atoms with van der Waals surface area (Å²) in [6.07, 6.45) is 26.8. The Morgan fingerprint density at radius 2 is 0.728 bits per heavy atom. The summed E-state index contributed by atoms with van der Waals surface area (Å²) in [7, 11) is -0.446. The molecular weight excluding hydrogens is 1730 g/mol. The first kappa shape index (κ1) is 83.0. The number of halogens is 2. The maximum atomic E-state index is 4.75. The van der Waals surface area contributed by atoms with Crippen molar-refractivity contribution in [2.24, 2.45) is 23.7 Å². The van der Waals surface area contributed by atoms with E-state index in [9.17, 15) is 0 Å². The van der Waals surface area contributed by atoms with E-state index in [0.717, 1.165) is 54.7 Å². The first-order valence-corrected chi connectivity index (χ1v) is 66.5. The number of thiophene rings is 4. The molecular formula is C88H115Br2N4PS6Sn2. The van der Waals surface area contributed by atoms with Crippen LogP contribution in [-0.4, -0.2) is 54.2 Å². The van der Waals surface area contributed by atoms with Gasteiger partial charge in [0.2, 0.25) is 0 Å². The minimum atomic E-state index is -2.14. The third-order valence-electron chi connectivity index (χ3n) is 22.0. The van der Waals surface area contributed by atoms with Gasteiger partial charge in [0.25, 0.3) is 0 Å². The predicted octanol–water partition coefficient (Wildman–Crippen LogP) is 28.6. The Balaban J connectivity index is 0.000000160. The van der Waals surface area contributed by atoms with Crippen LogP contribution in [0, 0.1) is 37.5 Å². The SMILES string of the molecule is Brc1ccc(Br)c2nsnc12.CCCCC(CC)CC1(CC(CC)CCCC)c2c[c]([Sn]([CH3])([CH3])[CH3])sc2-c2s[c]([Sn]([CH3])([CH3])[CH3])cc21.CCCCC(CC)CC1(CC(CC)CCCC)c2cc(C)sc2-c2sc(-c3ccc(C)c4nsnc34)cc21.c1ccc(P(c2ccccc2)c2ccccc2)cc1. The van der Waals surface area contributed by atoms with Crippen molar-refractivity contribution in [1.29, 1.82) is 0 Å². The molecule has 15 heteroatoms. The average molecular weight is 1850 g/mol. The zero-order valence-corrected chi connectivity index (χ0v) is 79.3. The zero-order chi connectivity index (χ0) is 73.6. The second-order valence-electron chi connectivity index (χ2n) is 31.5. The molecule has 4 nitrogen and oxygen atoms in total. The van der Waals surface area contributed by atoms with E-state index >= 15 is 0 Å². The molecule has 0 saturated heterocycles. The Morgan fingerprint density at radius 3 is 1.10 bits per heavy atom. The molecule has 0 saturated carbocycles. The van der Waals surface area contributed by atoms with Crippen molar-refractivity contribution in [3.63, 3.8) is 0 Å². The van der Waals surface area contributed by atoms with Crippen LogP contribution in [0.3, 0.4) is 0 Å². The summed E-state index contributed by atoms with van der Waals surface area (Å²) in [5.74, 6) is 3.24. The van der Waals surface area contributed by atoms with Gasteiger partial charge in [-0.05, 0) is 135 Å². The number of aromatic nitrogens is 4. The van der Waals surface area contributed by atoms with Gasteiger partial charge in [0.1, 0.15) is 22.1 Å². The molecule has 0 N–H and O–H groups in total. The van der Waals surface area contributed by atoms with Crippen molar-refractivity contribution >= 4 is 189 Å². The van der Waals surface area contributed by atoms with Crippen molar-refractivity contribution in [3.8, 4) is 29.9 Å². The van der Waals surface area contributed by atoms with Crippen LogP contribution in [0.5, 0.6) is 0 Å². The number of hydrogen-bond acceptors (Lipinski definition) is 10. The molecule has 0 bridgehead atoms. The van der Waals surface area contributed by atoms with Crippen LogP contribution < -0.4 is 21.7 Å². The van der Waals surface area contributed by atoms with Crippen LogP contribution >= 0.6 is 109 Å². The molecule has 5 aromatic carbocycles. The van der Waals surface area contributed by atoms with E-state index in [1.807, 2.05) is 34.8 Å². The third kappa shape index (κ3) is 19.6. The fraction of sp³-hybridized carbons (Fsp3) is 0.477. The topological polar surface area (TPSA) is 51.6 Å². The summed E-state index contributed by atoms with van der Waals surface area (Å²) in [5.41, 5.74) is 13.7. The van der Waals surface area contributed by atoms with Crippen molar-refractivity contribution in [2.45, 2.75) is 238 Å².